The van der Waals surface area contributed by atoms with Gasteiger partial charge in [0.2, 0.25) is 5.95 Å². The highest BCUT2D eigenvalue weighted by Gasteiger charge is 2.14. The fourth-order valence-corrected chi connectivity index (χ4v) is 3.86. The average Bonchev–Trinajstić information content (AvgIpc) is 3.23. The van der Waals surface area contributed by atoms with Crippen molar-refractivity contribution in [1.29, 1.82) is 0 Å². The lowest BCUT2D eigenvalue weighted by Crippen LogP contribution is -2.44. The first-order valence-electron chi connectivity index (χ1n) is 10.4. The van der Waals surface area contributed by atoms with Gasteiger partial charge in [0.05, 0.1) is 17.4 Å². The molecule has 7 nitrogen and oxygen atoms in total. The van der Waals surface area contributed by atoms with Crippen LogP contribution < -0.4 is 10.2 Å². The van der Waals surface area contributed by atoms with E-state index in [1.54, 1.807) is 6.20 Å². The molecule has 0 radical (unpaired) electrons. The monoisotopic (exact) mass is 412 g/mol. The van der Waals surface area contributed by atoms with Crippen molar-refractivity contribution in [2.45, 2.75) is 0 Å². The Hall–Kier alpha value is -3.71. The van der Waals surface area contributed by atoms with E-state index < -0.39 is 0 Å². The molecule has 2 aromatic carbocycles. The van der Waals surface area contributed by atoms with Crippen LogP contribution in [0, 0.1) is 0 Å². The first-order chi connectivity index (χ1) is 15.2. The number of carbonyl (C=O) groups excluding carboxylic acids is 1. The normalized spacial score (nSPS) is 14.7. The molecule has 0 atom stereocenters. The van der Waals surface area contributed by atoms with Crippen molar-refractivity contribution in [3.05, 3.63) is 72.4 Å². The summed E-state index contributed by atoms with van der Waals surface area (Å²) in [7, 11) is 2.16. The summed E-state index contributed by atoms with van der Waals surface area (Å²) in [6, 6.07) is 19.9. The Morgan fingerprint density at radius 1 is 0.903 bits per heavy atom. The predicted molar refractivity (Wildman–Crippen MR) is 123 cm³/mol. The summed E-state index contributed by atoms with van der Waals surface area (Å²) in [4.78, 5) is 20.1. The van der Waals surface area contributed by atoms with Crippen LogP contribution in [0.3, 0.4) is 0 Å². The molecule has 4 aromatic rings. The zero-order valence-corrected chi connectivity index (χ0v) is 17.4. The number of rotatable bonds is 5. The topological polar surface area (TPSA) is 65.8 Å². The van der Waals surface area contributed by atoms with Gasteiger partial charge in [0.15, 0.2) is 0 Å². The molecule has 0 amide bonds. The van der Waals surface area contributed by atoms with Gasteiger partial charge < -0.3 is 15.1 Å². The molecule has 1 N–H and O–H groups in total. The third-order valence-corrected chi connectivity index (χ3v) is 5.73. The van der Waals surface area contributed by atoms with Crippen molar-refractivity contribution in [3.8, 4) is 11.3 Å². The van der Waals surface area contributed by atoms with Gasteiger partial charge in [-0.2, -0.15) is 0 Å². The van der Waals surface area contributed by atoms with E-state index in [4.69, 9.17) is 0 Å². The molecule has 31 heavy (non-hydrogen) atoms. The predicted octanol–water partition coefficient (Wildman–Crippen LogP) is 3.70. The minimum absolute atomic E-state index is 0.529. The number of nitrogens with one attached hydrogen (secondary N) is 1. The van der Waals surface area contributed by atoms with E-state index in [1.165, 1.54) is 5.69 Å². The number of aldehydes is 1. The van der Waals surface area contributed by atoms with Gasteiger partial charge in [-0.3, -0.25) is 4.79 Å². The number of nitrogens with zero attached hydrogens (tertiary/aromatic N) is 5. The molecular formula is C24H24N6O. The largest absolute Gasteiger partial charge is 0.369 e. The second-order valence-electron chi connectivity index (χ2n) is 7.84. The molecule has 3 heterocycles. The third kappa shape index (κ3) is 4.00. The number of fused-ring (bicyclic) bond motifs is 1. The minimum Gasteiger partial charge on any atom is -0.369 e. The van der Waals surface area contributed by atoms with E-state index in [2.05, 4.69) is 56.5 Å². The Labute approximate surface area is 180 Å². The van der Waals surface area contributed by atoms with E-state index in [-0.39, 0.29) is 0 Å². The van der Waals surface area contributed by atoms with Crippen molar-refractivity contribution >= 4 is 29.1 Å². The van der Waals surface area contributed by atoms with Crippen molar-refractivity contribution in [1.82, 2.24) is 19.5 Å². The van der Waals surface area contributed by atoms with E-state index in [0.29, 0.717) is 11.5 Å². The van der Waals surface area contributed by atoms with Crippen LogP contribution in [0.4, 0.5) is 17.3 Å². The molecule has 0 unspecified atom stereocenters. The highest BCUT2D eigenvalue weighted by Crippen LogP contribution is 2.24. The standard InChI is InChI=1S/C24H24N6O/c1-28-12-14-29(15-13-28)21-8-6-20(7-9-21)26-24-25-16-22-10-11-23(30(22)27-24)19-4-2-18(17-31)3-5-19/h2-11,16-17H,12-15H2,1H3,(H,26,27). The summed E-state index contributed by atoms with van der Waals surface area (Å²) in [5.74, 6) is 0.529. The highest BCUT2D eigenvalue weighted by molar-refractivity contribution is 5.77. The quantitative estimate of drug-likeness (QED) is 0.504. The Morgan fingerprint density at radius 3 is 2.35 bits per heavy atom. The molecule has 0 aliphatic carbocycles. The molecule has 1 aliphatic heterocycles. The fraction of sp³-hybridized carbons (Fsp3) is 0.208. The smallest absolute Gasteiger partial charge is 0.245 e. The Balaban J connectivity index is 1.36. The Kier molecular flexibility index (Phi) is 5.09. The Morgan fingerprint density at radius 2 is 1.65 bits per heavy atom. The van der Waals surface area contributed by atoms with Gasteiger partial charge in [-0.05, 0) is 43.4 Å². The molecule has 7 heteroatoms. The number of piperazine rings is 1. The molecule has 1 saturated heterocycles. The van der Waals surface area contributed by atoms with Gasteiger partial charge >= 0.3 is 0 Å². The van der Waals surface area contributed by atoms with Crippen LogP contribution in [0.25, 0.3) is 16.8 Å². The van der Waals surface area contributed by atoms with Crippen LogP contribution in [0.1, 0.15) is 10.4 Å². The Bertz CT molecular complexity index is 1190. The maximum atomic E-state index is 10.9. The number of hydrogen-bond donors (Lipinski definition) is 1. The molecule has 1 aliphatic rings. The second kappa shape index (κ2) is 8.20. The number of carbonyl (C=O) groups is 1. The van der Waals surface area contributed by atoms with Crippen LogP contribution in [0.15, 0.2) is 66.9 Å². The second-order valence-corrected chi connectivity index (χ2v) is 7.84. The van der Waals surface area contributed by atoms with Gasteiger partial charge in [0.1, 0.15) is 6.29 Å². The van der Waals surface area contributed by atoms with Gasteiger partial charge in [-0.25, -0.2) is 9.50 Å². The van der Waals surface area contributed by atoms with Gasteiger partial charge in [-0.1, -0.05) is 24.3 Å². The lowest BCUT2D eigenvalue weighted by molar-refractivity contribution is 0.112. The van der Waals surface area contributed by atoms with E-state index in [9.17, 15) is 4.79 Å². The number of anilines is 3. The zero-order valence-electron chi connectivity index (χ0n) is 17.4. The maximum absolute atomic E-state index is 10.9. The van der Waals surface area contributed by atoms with Gasteiger partial charge in [0.25, 0.3) is 0 Å². The third-order valence-electron chi connectivity index (χ3n) is 5.73. The lowest BCUT2D eigenvalue weighted by Gasteiger charge is -2.34. The highest BCUT2D eigenvalue weighted by atomic mass is 16.1. The van der Waals surface area contributed by atoms with Crippen molar-refractivity contribution < 1.29 is 4.79 Å². The van der Waals surface area contributed by atoms with Crippen molar-refractivity contribution in [3.63, 3.8) is 0 Å². The summed E-state index contributed by atoms with van der Waals surface area (Å²) in [5.41, 5.74) is 5.69. The summed E-state index contributed by atoms with van der Waals surface area (Å²) >= 11 is 0. The number of likely N-dealkylation sites (N-methyl/N-ethyl adjacent to an activating group) is 1. The zero-order chi connectivity index (χ0) is 21.2. The fourth-order valence-electron chi connectivity index (χ4n) is 3.86. The SMILES string of the molecule is CN1CCN(c2ccc(Nc3ncc4ccc(-c5ccc(C=O)cc5)n4n3)cc2)CC1. The number of benzene rings is 2. The van der Waals surface area contributed by atoms with Crippen molar-refractivity contribution in [2.24, 2.45) is 0 Å². The van der Waals surface area contributed by atoms with Crippen LogP contribution in [0.5, 0.6) is 0 Å². The van der Waals surface area contributed by atoms with Crippen molar-refractivity contribution in [2.75, 3.05) is 43.4 Å². The first-order valence-corrected chi connectivity index (χ1v) is 10.4. The average molecular weight is 412 g/mol. The molecule has 0 spiro atoms. The lowest BCUT2D eigenvalue weighted by atomic mass is 10.1. The number of aromatic nitrogens is 3. The summed E-state index contributed by atoms with van der Waals surface area (Å²) in [6.07, 6.45) is 2.65. The van der Waals surface area contributed by atoms with Gasteiger partial charge in [-0.15, -0.1) is 5.10 Å². The molecule has 0 bridgehead atoms. The number of hydrogen-bond acceptors (Lipinski definition) is 6. The molecule has 5 rings (SSSR count). The molecule has 156 valence electrons. The molecule has 1 fully saturated rings. The first kappa shape index (κ1) is 19.3. The van der Waals surface area contributed by atoms with Gasteiger partial charge in [0, 0.05) is 48.7 Å². The molecule has 2 aromatic heterocycles. The summed E-state index contributed by atoms with van der Waals surface area (Å²) in [5, 5.41) is 7.98. The van der Waals surface area contributed by atoms with Crippen LogP contribution in [-0.2, 0) is 0 Å². The summed E-state index contributed by atoms with van der Waals surface area (Å²) in [6.45, 7) is 4.27. The molecular weight excluding hydrogens is 388 g/mol. The molecule has 0 saturated carbocycles. The van der Waals surface area contributed by atoms with E-state index in [1.807, 2.05) is 40.9 Å². The van der Waals surface area contributed by atoms with Crippen LogP contribution in [-0.4, -0.2) is 59.0 Å². The van der Waals surface area contributed by atoms with Crippen LogP contribution >= 0.6 is 0 Å². The maximum Gasteiger partial charge on any atom is 0.245 e. The van der Waals surface area contributed by atoms with E-state index in [0.717, 1.165) is 54.9 Å². The summed E-state index contributed by atoms with van der Waals surface area (Å²) < 4.78 is 1.86. The minimum atomic E-state index is 0.529. The van der Waals surface area contributed by atoms with E-state index >= 15 is 0 Å². The van der Waals surface area contributed by atoms with Crippen LogP contribution in [0.2, 0.25) is 0 Å².